The van der Waals surface area contributed by atoms with Crippen LogP contribution in [0.25, 0.3) is 146 Å². The molecule has 14 rings (SSSR count). The van der Waals surface area contributed by atoms with Gasteiger partial charge in [-0.1, -0.05) is 224 Å². The van der Waals surface area contributed by atoms with Crippen LogP contribution in [0.1, 0.15) is 0 Å². The van der Waals surface area contributed by atoms with Gasteiger partial charge in [0.15, 0.2) is 0 Å². The van der Waals surface area contributed by atoms with Crippen molar-refractivity contribution in [3.63, 3.8) is 0 Å². The van der Waals surface area contributed by atoms with Crippen LogP contribution in [0.15, 0.2) is 279 Å². The summed E-state index contributed by atoms with van der Waals surface area (Å²) in [5.74, 6) is 0. The summed E-state index contributed by atoms with van der Waals surface area (Å²) < 4.78 is 0. The maximum absolute atomic E-state index is 4.90. The van der Waals surface area contributed by atoms with Crippen LogP contribution in [0.5, 0.6) is 0 Å². The lowest BCUT2D eigenvalue weighted by molar-refractivity contribution is 1.10. The van der Waals surface area contributed by atoms with E-state index >= 15 is 0 Å². The molecule has 0 saturated carbocycles. The largest absolute Gasteiger partial charge is 0.277 e. The summed E-state index contributed by atoms with van der Waals surface area (Å²) in [5.41, 5.74) is 26.8. The second kappa shape index (κ2) is 20.9. The Labute approximate surface area is 463 Å². The highest BCUT2D eigenvalue weighted by Crippen LogP contribution is 2.42. The molecule has 0 radical (unpaired) electrons. The molecule has 0 spiro atoms. The van der Waals surface area contributed by atoms with Gasteiger partial charge in [0.25, 0.3) is 0 Å². The lowest BCUT2D eigenvalue weighted by Gasteiger charge is -2.16. The van der Waals surface area contributed by atoms with Gasteiger partial charge in [0.2, 0.25) is 0 Å². The third-order valence-corrected chi connectivity index (χ3v) is 14.9. The lowest BCUT2D eigenvalue weighted by atomic mass is 9.88. The van der Waals surface area contributed by atoms with Crippen LogP contribution >= 0.6 is 0 Å². The van der Waals surface area contributed by atoms with Gasteiger partial charge >= 0.3 is 0 Å². The molecule has 10 aromatic carbocycles. The molecule has 8 nitrogen and oxygen atoms in total. The zero-order valence-corrected chi connectivity index (χ0v) is 43.3. The number of nitrogens with one attached hydrogen (secondary N) is 4. The molecule has 0 amide bonds. The Kier molecular flexibility index (Phi) is 12.4. The van der Waals surface area contributed by atoms with Gasteiger partial charge in [-0.05, 0) is 110 Å². The van der Waals surface area contributed by atoms with Gasteiger partial charge in [0, 0.05) is 44.5 Å². The van der Waals surface area contributed by atoms with Crippen LogP contribution in [0.4, 0.5) is 0 Å². The van der Waals surface area contributed by atoms with Gasteiger partial charge in [-0.2, -0.15) is 20.4 Å². The van der Waals surface area contributed by atoms with E-state index in [0.717, 1.165) is 140 Å². The monoisotopic (exact) mass is 1030 g/mol. The Balaban J connectivity index is 0.753. The quantitative estimate of drug-likeness (QED) is 0.0921. The van der Waals surface area contributed by atoms with E-state index in [4.69, 9.17) is 20.4 Å². The summed E-state index contributed by atoms with van der Waals surface area (Å²) in [6.07, 6.45) is 0. The van der Waals surface area contributed by atoms with E-state index in [0.29, 0.717) is 0 Å². The third-order valence-electron chi connectivity index (χ3n) is 14.9. The van der Waals surface area contributed by atoms with Crippen molar-refractivity contribution in [2.45, 2.75) is 0 Å². The minimum atomic E-state index is 0.847. The zero-order valence-electron chi connectivity index (χ0n) is 43.3. The fourth-order valence-corrected chi connectivity index (χ4v) is 10.8. The number of H-pyrrole nitrogens is 4. The van der Waals surface area contributed by atoms with E-state index < -0.39 is 0 Å². The first kappa shape index (κ1) is 47.5. The molecule has 0 saturated heterocycles. The molecule has 14 aromatic rings. The first-order chi connectivity index (χ1) is 39.6. The Morgan fingerprint density at radius 2 is 0.463 bits per heavy atom. The van der Waals surface area contributed by atoms with E-state index in [1.54, 1.807) is 0 Å². The minimum absolute atomic E-state index is 0.847. The van der Waals surface area contributed by atoms with E-state index in [-0.39, 0.29) is 0 Å². The van der Waals surface area contributed by atoms with E-state index in [2.05, 4.69) is 287 Å². The average molecular weight is 1030 g/mol. The number of nitrogens with zero attached hydrogens (tertiary/aromatic N) is 4. The van der Waals surface area contributed by atoms with Crippen LogP contribution in [0.2, 0.25) is 0 Å². The molecule has 0 bridgehead atoms. The maximum atomic E-state index is 4.90. The predicted molar refractivity (Wildman–Crippen MR) is 326 cm³/mol. The van der Waals surface area contributed by atoms with Crippen LogP contribution in [-0.2, 0) is 0 Å². The van der Waals surface area contributed by atoms with Crippen molar-refractivity contribution >= 4 is 0 Å². The first-order valence-electron chi connectivity index (χ1n) is 26.8. The fourth-order valence-electron chi connectivity index (χ4n) is 10.8. The molecule has 0 aliphatic rings. The summed E-state index contributed by atoms with van der Waals surface area (Å²) in [7, 11) is 0. The highest BCUT2D eigenvalue weighted by atomic mass is 15.1. The molecule has 0 aliphatic heterocycles. The van der Waals surface area contributed by atoms with Crippen molar-refractivity contribution in [3.8, 4) is 146 Å². The molecule has 0 unspecified atom stereocenters. The second-order valence-electron chi connectivity index (χ2n) is 19.9. The number of rotatable bonds is 13. The number of hydrogen-bond donors (Lipinski definition) is 4. The zero-order chi connectivity index (χ0) is 53.2. The first-order valence-corrected chi connectivity index (χ1v) is 26.8. The van der Waals surface area contributed by atoms with Crippen LogP contribution in [0, 0.1) is 0 Å². The van der Waals surface area contributed by atoms with Crippen molar-refractivity contribution in [2.24, 2.45) is 0 Å². The van der Waals surface area contributed by atoms with Crippen molar-refractivity contribution in [3.05, 3.63) is 279 Å². The second-order valence-corrected chi connectivity index (χ2v) is 19.9. The highest BCUT2D eigenvalue weighted by Gasteiger charge is 2.19. The molecule has 4 N–H and O–H groups in total. The fraction of sp³-hybridized carbons (Fsp3) is 0. The molecule has 378 valence electrons. The molecular formula is C72H50N8. The molecule has 80 heavy (non-hydrogen) atoms. The Morgan fingerprint density at radius 3 is 0.975 bits per heavy atom. The molecule has 0 fully saturated rings. The summed E-state index contributed by atoms with van der Waals surface area (Å²) in [5, 5.41) is 32.7. The van der Waals surface area contributed by atoms with Crippen LogP contribution < -0.4 is 0 Å². The molecule has 4 heterocycles. The Morgan fingerprint density at radius 1 is 0.163 bits per heavy atom. The van der Waals surface area contributed by atoms with Gasteiger partial charge in [-0.3, -0.25) is 20.4 Å². The number of hydrogen-bond acceptors (Lipinski definition) is 4. The SMILES string of the molecule is c1ccc(-c2cccc(-c3cc(-c4cccc(-c5cc(-c6ccc(-c7ccc(-c8cc(-c9cccc(-c%10cc(-c%11ccccc%11-c%11ccccc%11)[nH]n%10)c9)n[nH]8)c(-c8ccccc8)c7)c(-c7ccccc7)c6)[nH]n5)c4)n[nH]3)c2)cc1. The van der Waals surface area contributed by atoms with E-state index in [9.17, 15) is 0 Å². The molecule has 0 aliphatic carbocycles. The summed E-state index contributed by atoms with van der Waals surface area (Å²) in [4.78, 5) is 0. The maximum Gasteiger partial charge on any atom is 0.0927 e. The third kappa shape index (κ3) is 9.43. The van der Waals surface area contributed by atoms with Crippen molar-refractivity contribution in [1.29, 1.82) is 0 Å². The summed E-state index contributed by atoms with van der Waals surface area (Å²) >= 11 is 0. The van der Waals surface area contributed by atoms with Gasteiger partial charge in [0.05, 0.1) is 45.6 Å². The van der Waals surface area contributed by atoms with Crippen molar-refractivity contribution < 1.29 is 0 Å². The van der Waals surface area contributed by atoms with Gasteiger partial charge in [0.1, 0.15) is 0 Å². The summed E-state index contributed by atoms with van der Waals surface area (Å²) in [6.45, 7) is 0. The standard InChI is InChI=1S/C72H50N8/c1-5-18-47(19-6-1)51-26-15-27-53(38-51)65-43-66(74-73-65)54-28-16-29-55(39-54)67-44-68(76-75-67)58-35-36-60(63(42-58)49-22-9-3-10-23-49)52-34-37-62(64(41-52)50-24-11-4-12-25-50)72-46-70(78-80-72)57-31-17-30-56(40-57)69-45-71(79-77-69)61-33-14-13-32-59(61)48-20-7-2-8-21-48/h1-46H,(H,73,74)(H,75,76)(H,77,79)(H,78,80). The lowest BCUT2D eigenvalue weighted by Crippen LogP contribution is -1.91. The Bertz CT molecular complexity index is 4470. The van der Waals surface area contributed by atoms with Crippen molar-refractivity contribution in [1.82, 2.24) is 40.8 Å². The van der Waals surface area contributed by atoms with E-state index in [1.807, 2.05) is 12.1 Å². The average Bonchev–Trinajstić information content (AvgIpc) is 4.49. The van der Waals surface area contributed by atoms with Gasteiger partial charge in [-0.15, -0.1) is 0 Å². The van der Waals surface area contributed by atoms with E-state index in [1.165, 1.54) is 5.56 Å². The number of aromatic nitrogens is 8. The minimum Gasteiger partial charge on any atom is -0.277 e. The molecule has 0 atom stereocenters. The molecular weight excluding hydrogens is 977 g/mol. The normalized spacial score (nSPS) is 11.2. The van der Waals surface area contributed by atoms with Crippen LogP contribution in [-0.4, -0.2) is 40.8 Å². The summed E-state index contributed by atoms with van der Waals surface area (Å²) in [6, 6.07) is 97.9. The highest BCUT2D eigenvalue weighted by molar-refractivity contribution is 5.93. The Hall–Kier alpha value is -11.0. The topological polar surface area (TPSA) is 115 Å². The molecule has 4 aromatic heterocycles. The van der Waals surface area contributed by atoms with Crippen LogP contribution in [0.3, 0.4) is 0 Å². The number of aromatic amines is 4. The van der Waals surface area contributed by atoms with Gasteiger partial charge in [-0.25, -0.2) is 0 Å². The molecule has 8 heteroatoms. The smallest absolute Gasteiger partial charge is 0.0927 e. The van der Waals surface area contributed by atoms with Gasteiger partial charge < -0.3 is 0 Å². The van der Waals surface area contributed by atoms with Crippen molar-refractivity contribution in [2.75, 3.05) is 0 Å². The number of benzene rings is 10. The predicted octanol–water partition coefficient (Wildman–Crippen LogP) is 18.2.